The lowest BCUT2D eigenvalue weighted by Gasteiger charge is -2.11. The first kappa shape index (κ1) is 18.5. The minimum atomic E-state index is -0.929. The molecule has 4 rings (SSSR count). The number of rotatable bonds is 6. The summed E-state index contributed by atoms with van der Waals surface area (Å²) in [6.07, 6.45) is 0.700. The Hall–Kier alpha value is -3.81. The van der Waals surface area contributed by atoms with Gasteiger partial charge in [-0.25, -0.2) is 4.79 Å². The van der Waals surface area contributed by atoms with Crippen molar-refractivity contribution in [3.63, 3.8) is 0 Å². The molecule has 0 aliphatic carbocycles. The Kier molecular flexibility index (Phi) is 4.90. The molecule has 8 nitrogen and oxygen atoms in total. The van der Waals surface area contributed by atoms with E-state index in [0.29, 0.717) is 11.4 Å². The van der Waals surface area contributed by atoms with Crippen LogP contribution in [0.25, 0.3) is 22.3 Å². The zero-order valence-corrected chi connectivity index (χ0v) is 16.0. The number of aryl methyl sites for hydroxylation is 1. The number of H-pyrrole nitrogens is 1. The van der Waals surface area contributed by atoms with Gasteiger partial charge in [0, 0.05) is 28.2 Å². The van der Waals surface area contributed by atoms with Gasteiger partial charge >= 0.3 is 5.97 Å². The summed E-state index contributed by atoms with van der Waals surface area (Å²) in [5, 5.41) is 12.8. The molecular formula is C21H19N5O3. The average Bonchev–Trinajstić information content (AvgIpc) is 3.35. The summed E-state index contributed by atoms with van der Waals surface area (Å²) in [7, 11) is 0. The predicted molar refractivity (Wildman–Crippen MR) is 106 cm³/mol. The highest BCUT2D eigenvalue weighted by Crippen LogP contribution is 2.20. The summed E-state index contributed by atoms with van der Waals surface area (Å²) in [5.41, 5.74) is 3.27. The van der Waals surface area contributed by atoms with Crippen molar-refractivity contribution in [1.29, 1.82) is 0 Å². The SMILES string of the molecule is Cc1ccc(-c2nnn(CC(=O)OC(C)C(=O)c3c[nH]c4ccccc34)n2)cc1. The number of para-hydroxylation sites is 1. The third-order valence-corrected chi connectivity index (χ3v) is 4.57. The van der Waals surface area contributed by atoms with Gasteiger partial charge in [-0.3, -0.25) is 4.79 Å². The van der Waals surface area contributed by atoms with Gasteiger partial charge in [-0.2, -0.15) is 4.80 Å². The monoisotopic (exact) mass is 389 g/mol. The van der Waals surface area contributed by atoms with Crippen LogP contribution in [0.5, 0.6) is 0 Å². The number of Topliss-reactive ketones (excluding diaryl/α,β-unsaturated/α-hetero) is 1. The summed E-state index contributed by atoms with van der Waals surface area (Å²) < 4.78 is 5.29. The Balaban J connectivity index is 1.40. The van der Waals surface area contributed by atoms with Crippen LogP contribution in [0.4, 0.5) is 0 Å². The van der Waals surface area contributed by atoms with Crippen LogP contribution in [0, 0.1) is 6.92 Å². The van der Waals surface area contributed by atoms with Crippen LogP contribution in [0.15, 0.2) is 54.7 Å². The fraction of sp³-hybridized carbons (Fsp3) is 0.190. The highest BCUT2D eigenvalue weighted by atomic mass is 16.5. The molecule has 0 fully saturated rings. The molecule has 2 heterocycles. The number of carbonyl (C=O) groups is 2. The van der Waals surface area contributed by atoms with Gasteiger partial charge < -0.3 is 9.72 Å². The molecule has 0 radical (unpaired) electrons. The Bertz CT molecular complexity index is 1180. The molecule has 1 N–H and O–H groups in total. The summed E-state index contributed by atoms with van der Waals surface area (Å²) >= 11 is 0. The van der Waals surface area contributed by atoms with Crippen LogP contribution in [-0.4, -0.2) is 43.0 Å². The fourth-order valence-electron chi connectivity index (χ4n) is 3.03. The largest absolute Gasteiger partial charge is 0.453 e. The Morgan fingerprint density at radius 2 is 1.90 bits per heavy atom. The molecule has 1 unspecified atom stereocenters. The van der Waals surface area contributed by atoms with Gasteiger partial charge in [0.15, 0.2) is 12.6 Å². The number of aromatic nitrogens is 5. The van der Waals surface area contributed by atoms with E-state index in [1.165, 1.54) is 0 Å². The van der Waals surface area contributed by atoms with Crippen molar-refractivity contribution >= 4 is 22.7 Å². The van der Waals surface area contributed by atoms with Crippen LogP contribution in [0.1, 0.15) is 22.8 Å². The van der Waals surface area contributed by atoms with Gasteiger partial charge in [-0.1, -0.05) is 48.0 Å². The minimum Gasteiger partial charge on any atom is -0.453 e. The highest BCUT2D eigenvalue weighted by Gasteiger charge is 2.22. The van der Waals surface area contributed by atoms with E-state index in [2.05, 4.69) is 20.4 Å². The van der Waals surface area contributed by atoms with Gasteiger partial charge in [0.2, 0.25) is 11.6 Å². The molecule has 4 aromatic rings. The zero-order chi connectivity index (χ0) is 20.4. The van der Waals surface area contributed by atoms with E-state index in [1.807, 2.05) is 55.5 Å². The lowest BCUT2D eigenvalue weighted by molar-refractivity contribution is -0.147. The molecule has 0 saturated carbocycles. The van der Waals surface area contributed by atoms with Crippen molar-refractivity contribution in [1.82, 2.24) is 25.2 Å². The molecule has 2 aromatic carbocycles. The number of carbonyl (C=O) groups excluding carboxylic acids is 2. The van der Waals surface area contributed by atoms with Crippen LogP contribution in [0.3, 0.4) is 0 Å². The molecule has 29 heavy (non-hydrogen) atoms. The van der Waals surface area contributed by atoms with Crippen molar-refractivity contribution in [2.24, 2.45) is 0 Å². The molecule has 0 aliphatic rings. The summed E-state index contributed by atoms with van der Waals surface area (Å²) in [6.45, 7) is 3.31. The number of aromatic amines is 1. The predicted octanol–water partition coefficient (Wildman–Crippen LogP) is 2.94. The van der Waals surface area contributed by atoms with E-state index >= 15 is 0 Å². The van der Waals surface area contributed by atoms with Crippen LogP contribution < -0.4 is 0 Å². The average molecular weight is 389 g/mol. The van der Waals surface area contributed by atoms with E-state index in [4.69, 9.17) is 4.74 Å². The van der Waals surface area contributed by atoms with Gasteiger partial charge in [0.05, 0.1) is 0 Å². The number of ether oxygens (including phenoxy) is 1. The summed E-state index contributed by atoms with van der Waals surface area (Å²) in [4.78, 5) is 29.1. The number of ketones is 1. The molecule has 0 spiro atoms. The van der Waals surface area contributed by atoms with Crippen LogP contribution in [-0.2, 0) is 16.1 Å². The summed E-state index contributed by atoms with van der Waals surface area (Å²) in [6, 6.07) is 15.1. The Labute approximate surface area is 166 Å². The molecule has 1 atom stereocenters. The molecular weight excluding hydrogens is 370 g/mol. The molecule has 0 amide bonds. The van der Waals surface area contributed by atoms with Gasteiger partial charge in [0.25, 0.3) is 0 Å². The molecule has 2 aromatic heterocycles. The molecule has 0 saturated heterocycles. The van der Waals surface area contributed by atoms with E-state index in [0.717, 1.165) is 26.8 Å². The lowest BCUT2D eigenvalue weighted by Crippen LogP contribution is -2.27. The molecule has 0 bridgehead atoms. The number of fused-ring (bicyclic) bond motifs is 1. The number of tetrazole rings is 1. The fourth-order valence-corrected chi connectivity index (χ4v) is 3.03. The first-order valence-corrected chi connectivity index (χ1v) is 9.16. The number of benzene rings is 2. The van der Waals surface area contributed by atoms with Crippen molar-refractivity contribution in [3.8, 4) is 11.4 Å². The van der Waals surface area contributed by atoms with E-state index in [-0.39, 0.29) is 12.3 Å². The maximum Gasteiger partial charge on any atom is 0.330 e. The van der Waals surface area contributed by atoms with E-state index in [9.17, 15) is 9.59 Å². The van der Waals surface area contributed by atoms with Gasteiger partial charge in [-0.15, -0.1) is 10.2 Å². The number of esters is 1. The molecule has 0 aliphatic heterocycles. The number of hydrogen-bond donors (Lipinski definition) is 1. The maximum absolute atomic E-state index is 12.7. The quantitative estimate of drug-likeness (QED) is 0.402. The second-order valence-corrected chi connectivity index (χ2v) is 6.75. The number of nitrogens with one attached hydrogen (secondary N) is 1. The summed E-state index contributed by atoms with van der Waals surface area (Å²) in [5.74, 6) is -0.470. The number of hydrogen-bond acceptors (Lipinski definition) is 6. The topological polar surface area (TPSA) is 103 Å². The lowest BCUT2D eigenvalue weighted by atomic mass is 10.1. The van der Waals surface area contributed by atoms with E-state index < -0.39 is 12.1 Å². The Morgan fingerprint density at radius 3 is 2.69 bits per heavy atom. The van der Waals surface area contributed by atoms with Crippen LogP contribution >= 0.6 is 0 Å². The highest BCUT2D eigenvalue weighted by molar-refractivity contribution is 6.10. The second kappa shape index (κ2) is 7.67. The van der Waals surface area contributed by atoms with Crippen molar-refractivity contribution in [2.45, 2.75) is 26.5 Å². The number of nitrogens with zero attached hydrogens (tertiary/aromatic N) is 4. The van der Waals surface area contributed by atoms with Crippen molar-refractivity contribution in [3.05, 3.63) is 65.9 Å². The van der Waals surface area contributed by atoms with Gasteiger partial charge in [-0.05, 0) is 25.1 Å². The van der Waals surface area contributed by atoms with Crippen molar-refractivity contribution < 1.29 is 14.3 Å². The maximum atomic E-state index is 12.7. The van der Waals surface area contributed by atoms with Gasteiger partial charge in [0.1, 0.15) is 0 Å². The first-order valence-electron chi connectivity index (χ1n) is 9.16. The third kappa shape index (κ3) is 3.91. The Morgan fingerprint density at radius 1 is 1.14 bits per heavy atom. The second-order valence-electron chi connectivity index (χ2n) is 6.75. The zero-order valence-electron chi connectivity index (χ0n) is 16.0. The molecule has 8 heteroatoms. The standard InChI is InChI=1S/C21H19N5O3/c1-13-7-9-15(10-8-13)21-23-25-26(24-21)12-19(27)29-14(2)20(28)17-11-22-18-6-4-3-5-16(17)18/h3-11,14,22H,12H2,1-2H3. The smallest absolute Gasteiger partial charge is 0.330 e. The normalized spacial score (nSPS) is 12.1. The van der Waals surface area contributed by atoms with Crippen molar-refractivity contribution in [2.75, 3.05) is 0 Å². The first-order chi connectivity index (χ1) is 14.0. The minimum absolute atomic E-state index is 0.232. The van der Waals surface area contributed by atoms with Crippen LogP contribution in [0.2, 0.25) is 0 Å². The molecule has 146 valence electrons. The van der Waals surface area contributed by atoms with E-state index in [1.54, 1.807) is 13.1 Å². The third-order valence-electron chi connectivity index (χ3n) is 4.57.